The van der Waals surface area contributed by atoms with Crippen LogP contribution in [-0.4, -0.2) is 33.2 Å². The first-order valence-corrected chi connectivity index (χ1v) is 6.71. The van der Waals surface area contributed by atoms with Crippen molar-refractivity contribution in [3.63, 3.8) is 0 Å². The molecule has 2 aromatic rings. The standard InChI is InChI=1S/C13H17N5O.ClH/c1(10-3-5-14-6-4-10)2-12-17-13(18-19-12)11-9-15-7-8-16-11;/h7-10,14H,1-6H2;1H. The molecule has 0 saturated carbocycles. The summed E-state index contributed by atoms with van der Waals surface area (Å²) in [6.45, 7) is 2.25. The monoisotopic (exact) mass is 295 g/mol. The van der Waals surface area contributed by atoms with E-state index in [-0.39, 0.29) is 12.4 Å². The number of rotatable bonds is 4. The molecule has 0 atom stereocenters. The average molecular weight is 296 g/mol. The molecule has 0 aliphatic carbocycles. The van der Waals surface area contributed by atoms with Crippen LogP contribution in [0.1, 0.15) is 25.2 Å². The number of aryl methyl sites for hydroxylation is 1. The second-order valence-electron chi connectivity index (χ2n) is 4.83. The van der Waals surface area contributed by atoms with E-state index in [2.05, 4.69) is 25.4 Å². The molecule has 1 saturated heterocycles. The van der Waals surface area contributed by atoms with Gasteiger partial charge in [-0.15, -0.1) is 12.4 Å². The lowest BCUT2D eigenvalue weighted by Crippen LogP contribution is -2.27. The molecule has 1 N–H and O–H groups in total. The maximum atomic E-state index is 5.27. The molecular formula is C13H18ClN5O. The summed E-state index contributed by atoms with van der Waals surface area (Å²) in [4.78, 5) is 12.5. The molecule has 2 aromatic heterocycles. The van der Waals surface area contributed by atoms with E-state index in [4.69, 9.17) is 4.52 Å². The van der Waals surface area contributed by atoms with Crippen molar-refractivity contribution < 1.29 is 4.52 Å². The largest absolute Gasteiger partial charge is 0.339 e. The first-order chi connectivity index (χ1) is 9.42. The fourth-order valence-electron chi connectivity index (χ4n) is 2.37. The summed E-state index contributed by atoms with van der Waals surface area (Å²) in [5, 5.41) is 7.32. The molecule has 1 aliphatic heterocycles. The molecule has 0 radical (unpaired) electrons. The summed E-state index contributed by atoms with van der Waals surface area (Å²) in [5.74, 6) is 1.99. The molecule has 0 unspecified atom stereocenters. The lowest BCUT2D eigenvalue weighted by molar-refractivity contribution is 0.324. The third-order valence-electron chi connectivity index (χ3n) is 3.49. The SMILES string of the molecule is Cl.c1cnc(-c2noc(CCC3CCNCC3)n2)cn1. The number of hydrogen-bond acceptors (Lipinski definition) is 6. The van der Waals surface area contributed by atoms with Crippen LogP contribution < -0.4 is 5.32 Å². The Kier molecular flexibility index (Phi) is 5.43. The van der Waals surface area contributed by atoms with Crippen molar-refractivity contribution in [1.82, 2.24) is 25.4 Å². The van der Waals surface area contributed by atoms with E-state index in [0.717, 1.165) is 31.8 Å². The number of halogens is 1. The van der Waals surface area contributed by atoms with Crippen LogP contribution in [0, 0.1) is 5.92 Å². The quantitative estimate of drug-likeness (QED) is 0.928. The Balaban J connectivity index is 0.00000147. The maximum absolute atomic E-state index is 5.27. The summed E-state index contributed by atoms with van der Waals surface area (Å²) in [5.41, 5.74) is 0.652. The highest BCUT2D eigenvalue weighted by Crippen LogP contribution is 2.19. The minimum absolute atomic E-state index is 0. The fraction of sp³-hybridized carbons (Fsp3) is 0.538. The van der Waals surface area contributed by atoms with Gasteiger partial charge in [-0.25, -0.2) is 4.98 Å². The van der Waals surface area contributed by atoms with E-state index < -0.39 is 0 Å². The number of nitrogens with zero attached hydrogens (tertiary/aromatic N) is 4. The zero-order valence-corrected chi connectivity index (χ0v) is 12.0. The van der Waals surface area contributed by atoms with Crippen molar-refractivity contribution >= 4 is 12.4 Å². The third kappa shape index (κ3) is 3.74. The molecule has 20 heavy (non-hydrogen) atoms. The van der Waals surface area contributed by atoms with E-state index in [9.17, 15) is 0 Å². The van der Waals surface area contributed by atoms with E-state index in [1.165, 1.54) is 12.8 Å². The van der Waals surface area contributed by atoms with Crippen LogP contribution in [0.25, 0.3) is 11.5 Å². The van der Waals surface area contributed by atoms with Gasteiger partial charge in [0.2, 0.25) is 11.7 Å². The van der Waals surface area contributed by atoms with E-state index in [1.54, 1.807) is 18.6 Å². The van der Waals surface area contributed by atoms with Gasteiger partial charge in [0, 0.05) is 18.8 Å². The maximum Gasteiger partial charge on any atom is 0.227 e. The summed E-state index contributed by atoms with van der Waals surface area (Å²) in [7, 11) is 0. The molecule has 0 spiro atoms. The molecule has 6 nitrogen and oxygen atoms in total. The van der Waals surface area contributed by atoms with Crippen LogP contribution in [0.4, 0.5) is 0 Å². The lowest BCUT2D eigenvalue weighted by atomic mass is 9.93. The Morgan fingerprint density at radius 1 is 1.25 bits per heavy atom. The molecule has 0 amide bonds. The van der Waals surface area contributed by atoms with Crippen LogP contribution in [0.15, 0.2) is 23.1 Å². The Morgan fingerprint density at radius 2 is 2.10 bits per heavy atom. The minimum atomic E-state index is 0. The number of piperidine rings is 1. The van der Waals surface area contributed by atoms with Crippen molar-refractivity contribution in [2.45, 2.75) is 25.7 Å². The summed E-state index contributed by atoms with van der Waals surface area (Å²) >= 11 is 0. The highest BCUT2D eigenvalue weighted by Gasteiger charge is 2.15. The fourth-order valence-corrected chi connectivity index (χ4v) is 2.37. The Bertz CT molecular complexity index is 512. The van der Waals surface area contributed by atoms with Crippen molar-refractivity contribution in [1.29, 1.82) is 0 Å². The van der Waals surface area contributed by atoms with Crippen LogP contribution in [-0.2, 0) is 6.42 Å². The summed E-state index contributed by atoms with van der Waals surface area (Å²) in [6, 6.07) is 0. The molecule has 1 aliphatic rings. The Hall–Kier alpha value is -1.53. The van der Waals surface area contributed by atoms with Gasteiger partial charge in [0.25, 0.3) is 0 Å². The second kappa shape index (κ2) is 7.31. The summed E-state index contributed by atoms with van der Waals surface area (Å²) < 4.78 is 5.27. The van der Waals surface area contributed by atoms with E-state index in [1.807, 2.05) is 0 Å². The predicted molar refractivity (Wildman–Crippen MR) is 76.5 cm³/mol. The molecule has 0 bridgehead atoms. The number of hydrogen-bond donors (Lipinski definition) is 1. The van der Waals surface area contributed by atoms with Crippen molar-refractivity contribution in [2.24, 2.45) is 5.92 Å². The van der Waals surface area contributed by atoms with Gasteiger partial charge in [0.1, 0.15) is 5.69 Å². The molecule has 1 fully saturated rings. The Morgan fingerprint density at radius 3 is 2.85 bits per heavy atom. The number of aromatic nitrogens is 4. The van der Waals surface area contributed by atoms with Crippen LogP contribution in [0.3, 0.4) is 0 Å². The smallest absolute Gasteiger partial charge is 0.227 e. The van der Waals surface area contributed by atoms with Crippen molar-refractivity contribution in [3.05, 3.63) is 24.5 Å². The third-order valence-corrected chi connectivity index (χ3v) is 3.49. The van der Waals surface area contributed by atoms with Gasteiger partial charge in [-0.05, 0) is 38.3 Å². The van der Waals surface area contributed by atoms with Crippen molar-refractivity contribution in [2.75, 3.05) is 13.1 Å². The summed E-state index contributed by atoms with van der Waals surface area (Å²) in [6.07, 6.45) is 9.33. The van der Waals surface area contributed by atoms with Gasteiger partial charge < -0.3 is 9.84 Å². The van der Waals surface area contributed by atoms with Crippen LogP contribution in [0.5, 0.6) is 0 Å². The predicted octanol–water partition coefficient (Wildman–Crippen LogP) is 1.88. The van der Waals surface area contributed by atoms with Gasteiger partial charge in [0.15, 0.2) is 0 Å². The Labute approximate surface area is 123 Å². The highest BCUT2D eigenvalue weighted by molar-refractivity contribution is 5.85. The minimum Gasteiger partial charge on any atom is -0.339 e. The average Bonchev–Trinajstić information content (AvgIpc) is 2.96. The van der Waals surface area contributed by atoms with Crippen molar-refractivity contribution in [3.8, 4) is 11.5 Å². The second-order valence-corrected chi connectivity index (χ2v) is 4.83. The van der Waals surface area contributed by atoms with Gasteiger partial charge in [-0.3, -0.25) is 4.98 Å². The molecule has 0 aromatic carbocycles. The molecule has 3 heterocycles. The molecule has 108 valence electrons. The van der Waals surface area contributed by atoms with Crippen LogP contribution >= 0.6 is 12.4 Å². The molecule has 7 heteroatoms. The zero-order valence-electron chi connectivity index (χ0n) is 11.2. The first-order valence-electron chi connectivity index (χ1n) is 6.71. The lowest BCUT2D eigenvalue weighted by Gasteiger charge is -2.21. The van der Waals surface area contributed by atoms with Crippen LogP contribution in [0.2, 0.25) is 0 Å². The molecule has 3 rings (SSSR count). The van der Waals surface area contributed by atoms with Gasteiger partial charge in [0.05, 0.1) is 6.20 Å². The zero-order chi connectivity index (χ0) is 12.9. The van der Waals surface area contributed by atoms with E-state index in [0.29, 0.717) is 17.4 Å². The topological polar surface area (TPSA) is 76.7 Å². The van der Waals surface area contributed by atoms with E-state index >= 15 is 0 Å². The molecular weight excluding hydrogens is 278 g/mol. The van der Waals surface area contributed by atoms with Gasteiger partial charge >= 0.3 is 0 Å². The highest BCUT2D eigenvalue weighted by atomic mass is 35.5. The normalized spacial score (nSPS) is 15.8. The van der Waals surface area contributed by atoms with Gasteiger partial charge in [-0.2, -0.15) is 4.98 Å². The number of nitrogens with one attached hydrogen (secondary N) is 1. The first kappa shape index (κ1) is 14.9. The van der Waals surface area contributed by atoms with Gasteiger partial charge in [-0.1, -0.05) is 5.16 Å².